The van der Waals surface area contributed by atoms with Gasteiger partial charge in [-0.05, 0) is 30.5 Å². The van der Waals surface area contributed by atoms with Crippen molar-refractivity contribution in [1.82, 2.24) is 19.5 Å². The zero-order valence-corrected chi connectivity index (χ0v) is 13.9. The highest BCUT2D eigenvalue weighted by Gasteiger charge is 2.26. The van der Waals surface area contributed by atoms with E-state index in [1.807, 2.05) is 24.7 Å². The van der Waals surface area contributed by atoms with Gasteiger partial charge < -0.3 is 9.47 Å². The monoisotopic (exact) mass is 337 g/mol. The van der Waals surface area contributed by atoms with Gasteiger partial charge >= 0.3 is 0 Å². The quantitative estimate of drug-likeness (QED) is 0.733. The molecule has 0 radical (unpaired) electrons. The summed E-state index contributed by atoms with van der Waals surface area (Å²) >= 11 is 0. The van der Waals surface area contributed by atoms with E-state index in [1.54, 1.807) is 18.5 Å². The van der Waals surface area contributed by atoms with Gasteiger partial charge in [-0.3, -0.25) is 9.97 Å². The van der Waals surface area contributed by atoms with Crippen LogP contribution in [0.1, 0.15) is 30.1 Å². The molecule has 0 bridgehead atoms. The van der Waals surface area contributed by atoms with E-state index >= 15 is 0 Å². The molecule has 3 aromatic heterocycles. The van der Waals surface area contributed by atoms with E-state index in [9.17, 15) is 4.39 Å². The van der Waals surface area contributed by atoms with Gasteiger partial charge in [-0.15, -0.1) is 0 Å². The number of imidazole rings is 1. The van der Waals surface area contributed by atoms with Crippen molar-refractivity contribution in [2.45, 2.75) is 25.3 Å². The summed E-state index contributed by atoms with van der Waals surface area (Å²) in [6.07, 6.45) is 12.5. The fourth-order valence-corrected chi connectivity index (χ4v) is 3.53. The van der Waals surface area contributed by atoms with E-state index < -0.39 is 0 Å². The number of rotatable bonds is 4. The zero-order valence-electron chi connectivity index (χ0n) is 13.9. The van der Waals surface area contributed by atoms with Gasteiger partial charge in [0.05, 0.1) is 18.4 Å². The summed E-state index contributed by atoms with van der Waals surface area (Å²) in [7, 11) is 0. The Morgan fingerprint density at radius 2 is 2.04 bits per heavy atom. The minimum Gasteiger partial charge on any atom is -0.368 e. The number of aromatic nitrogens is 4. The van der Waals surface area contributed by atoms with Crippen LogP contribution < -0.4 is 4.90 Å². The molecule has 6 heteroatoms. The largest absolute Gasteiger partial charge is 0.368 e. The lowest BCUT2D eigenvalue weighted by Gasteiger charge is -2.34. The van der Waals surface area contributed by atoms with Gasteiger partial charge in [0.15, 0.2) is 5.82 Å². The zero-order chi connectivity index (χ0) is 17.1. The Kier molecular flexibility index (Phi) is 4.41. The summed E-state index contributed by atoms with van der Waals surface area (Å²) in [6.45, 7) is 2.38. The highest BCUT2D eigenvalue weighted by molar-refractivity contribution is 5.47. The minimum absolute atomic E-state index is 0.262. The van der Waals surface area contributed by atoms with E-state index in [-0.39, 0.29) is 11.7 Å². The highest BCUT2D eigenvalue weighted by Crippen LogP contribution is 2.30. The molecule has 128 valence electrons. The third kappa shape index (κ3) is 3.38. The van der Waals surface area contributed by atoms with Crippen molar-refractivity contribution in [3.63, 3.8) is 0 Å². The van der Waals surface area contributed by atoms with Crippen LogP contribution in [-0.2, 0) is 6.54 Å². The molecule has 5 nitrogen and oxygen atoms in total. The topological polar surface area (TPSA) is 46.8 Å². The predicted molar refractivity (Wildman–Crippen MR) is 93.9 cm³/mol. The summed E-state index contributed by atoms with van der Waals surface area (Å²) < 4.78 is 16.3. The second kappa shape index (κ2) is 7.01. The minimum atomic E-state index is -0.262. The fourth-order valence-electron chi connectivity index (χ4n) is 3.53. The Bertz CT molecular complexity index is 833. The van der Waals surface area contributed by atoms with Crippen LogP contribution in [0.2, 0.25) is 0 Å². The number of halogens is 1. The lowest BCUT2D eigenvalue weighted by atomic mass is 9.96. The van der Waals surface area contributed by atoms with Crippen LogP contribution >= 0.6 is 0 Å². The first-order valence-electron chi connectivity index (χ1n) is 8.55. The van der Waals surface area contributed by atoms with Crippen LogP contribution in [0.25, 0.3) is 0 Å². The molecule has 0 saturated carbocycles. The maximum absolute atomic E-state index is 14.1. The second-order valence-electron chi connectivity index (χ2n) is 6.39. The molecule has 25 heavy (non-hydrogen) atoms. The van der Waals surface area contributed by atoms with Crippen LogP contribution in [0.3, 0.4) is 0 Å². The standard InChI is InChI=1S/C19H20FN5/c20-17-12-22-7-5-18(17)24-9-2-4-16(14-24)19-23-8-10-25(19)13-15-3-1-6-21-11-15/h1,3,5-8,10-12,16H,2,4,9,13-14H2/t16-/m0/s1. The van der Waals surface area contributed by atoms with E-state index in [2.05, 4.69) is 30.5 Å². The van der Waals surface area contributed by atoms with E-state index in [4.69, 9.17) is 0 Å². The molecule has 1 atom stereocenters. The van der Waals surface area contributed by atoms with E-state index in [1.165, 1.54) is 6.20 Å². The number of hydrogen-bond acceptors (Lipinski definition) is 4. The molecule has 1 aliphatic rings. The van der Waals surface area contributed by atoms with Crippen molar-refractivity contribution < 1.29 is 4.39 Å². The highest BCUT2D eigenvalue weighted by atomic mass is 19.1. The van der Waals surface area contributed by atoms with Crippen molar-refractivity contribution in [2.75, 3.05) is 18.0 Å². The average molecular weight is 337 g/mol. The lowest BCUT2D eigenvalue weighted by molar-refractivity contribution is 0.470. The van der Waals surface area contributed by atoms with Gasteiger partial charge in [0.25, 0.3) is 0 Å². The van der Waals surface area contributed by atoms with E-state index in [0.717, 1.165) is 43.9 Å². The van der Waals surface area contributed by atoms with Crippen molar-refractivity contribution in [1.29, 1.82) is 0 Å². The Labute approximate surface area is 146 Å². The summed E-state index contributed by atoms with van der Waals surface area (Å²) in [5.41, 5.74) is 1.78. The van der Waals surface area contributed by atoms with Crippen molar-refractivity contribution in [3.8, 4) is 0 Å². The van der Waals surface area contributed by atoms with Gasteiger partial charge in [0, 0.05) is 50.0 Å². The fraction of sp³-hybridized carbons (Fsp3) is 0.316. The Hall–Kier alpha value is -2.76. The number of piperidine rings is 1. The molecular weight excluding hydrogens is 317 g/mol. The molecule has 0 unspecified atom stereocenters. The van der Waals surface area contributed by atoms with Crippen LogP contribution in [0.5, 0.6) is 0 Å². The van der Waals surface area contributed by atoms with Crippen molar-refractivity contribution in [2.24, 2.45) is 0 Å². The normalized spacial score (nSPS) is 17.6. The van der Waals surface area contributed by atoms with E-state index in [0.29, 0.717) is 5.69 Å². The smallest absolute Gasteiger partial charge is 0.164 e. The molecule has 0 aromatic carbocycles. The summed E-state index contributed by atoms with van der Waals surface area (Å²) in [6, 6.07) is 5.76. The molecule has 0 aliphatic carbocycles. The molecule has 1 fully saturated rings. The van der Waals surface area contributed by atoms with Gasteiger partial charge in [0.1, 0.15) is 5.82 Å². The Morgan fingerprint density at radius 1 is 1.12 bits per heavy atom. The van der Waals surface area contributed by atoms with Crippen LogP contribution in [-0.4, -0.2) is 32.6 Å². The maximum Gasteiger partial charge on any atom is 0.164 e. The predicted octanol–water partition coefficient (Wildman–Crippen LogP) is 3.24. The van der Waals surface area contributed by atoms with Crippen molar-refractivity contribution >= 4 is 5.69 Å². The van der Waals surface area contributed by atoms with Crippen LogP contribution in [0.15, 0.2) is 55.4 Å². The second-order valence-corrected chi connectivity index (χ2v) is 6.39. The first-order chi connectivity index (χ1) is 12.3. The first-order valence-corrected chi connectivity index (χ1v) is 8.55. The molecule has 0 amide bonds. The van der Waals surface area contributed by atoms with Gasteiger partial charge in [-0.25, -0.2) is 9.37 Å². The number of hydrogen-bond donors (Lipinski definition) is 0. The maximum atomic E-state index is 14.1. The Balaban J connectivity index is 1.54. The summed E-state index contributed by atoms with van der Waals surface area (Å²) in [5.74, 6) is 1.08. The molecular formula is C19H20FN5. The summed E-state index contributed by atoms with van der Waals surface area (Å²) in [4.78, 5) is 14.7. The molecule has 0 spiro atoms. The molecule has 0 N–H and O–H groups in total. The van der Waals surface area contributed by atoms with Crippen LogP contribution in [0, 0.1) is 5.82 Å². The lowest BCUT2D eigenvalue weighted by Crippen LogP contribution is -2.36. The third-order valence-electron chi connectivity index (χ3n) is 4.70. The first kappa shape index (κ1) is 15.7. The Morgan fingerprint density at radius 3 is 2.88 bits per heavy atom. The molecule has 1 saturated heterocycles. The third-order valence-corrected chi connectivity index (χ3v) is 4.70. The SMILES string of the molecule is Fc1cnccc1N1CCC[C@H](c2nccn2Cc2cccnc2)C1. The van der Waals surface area contributed by atoms with Crippen LogP contribution in [0.4, 0.5) is 10.1 Å². The van der Waals surface area contributed by atoms with Crippen molar-refractivity contribution in [3.05, 3.63) is 72.6 Å². The van der Waals surface area contributed by atoms with Gasteiger partial charge in [-0.2, -0.15) is 0 Å². The molecule has 4 heterocycles. The van der Waals surface area contributed by atoms with Gasteiger partial charge in [0.2, 0.25) is 0 Å². The average Bonchev–Trinajstić information content (AvgIpc) is 3.11. The summed E-state index contributed by atoms with van der Waals surface area (Å²) in [5, 5.41) is 0. The molecule has 4 rings (SSSR count). The number of anilines is 1. The number of nitrogens with zero attached hydrogens (tertiary/aromatic N) is 5. The molecule has 1 aliphatic heterocycles. The molecule has 3 aromatic rings. The number of pyridine rings is 2. The van der Waals surface area contributed by atoms with Gasteiger partial charge in [-0.1, -0.05) is 6.07 Å².